The highest BCUT2D eigenvalue weighted by atomic mass is 15.3. The van der Waals surface area contributed by atoms with Gasteiger partial charge in [0.05, 0.1) is 5.69 Å². The lowest BCUT2D eigenvalue weighted by molar-refractivity contribution is 0.663. The molecule has 1 N–H and O–H groups in total. The average Bonchev–Trinajstić information content (AvgIpc) is 3.17. The lowest BCUT2D eigenvalue weighted by atomic mass is 10.2. The predicted molar refractivity (Wildman–Crippen MR) is 82.6 cm³/mol. The molecule has 1 aromatic heterocycles. The Bertz CT molecular complexity index is 555. The molecule has 1 fully saturated rings. The van der Waals surface area contributed by atoms with Crippen molar-refractivity contribution >= 4 is 5.95 Å². The third-order valence-corrected chi connectivity index (χ3v) is 4.03. The Labute approximate surface area is 120 Å². The van der Waals surface area contributed by atoms with E-state index in [1.54, 1.807) is 0 Å². The zero-order valence-electron chi connectivity index (χ0n) is 12.2. The summed E-state index contributed by atoms with van der Waals surface area (Å²) in [4.78, 5) is 7.12. The molecule has 4 heteroatoms. The van der Waals surface area contributed by atoms with E-state index in [4.69, 9.17) is 4.98 Å². The summed E-state index contributed by atoms with van der Waals surface area (Å²) in [5, 5.41) is 3.42. The van der Waals surface area contributed by atoms with Crippen molar-refractivity contribution in [1.29, 1.82) is 0 Å². The minimum atomic E-state index is 0.532. The van der Waals surface area contributed by atoms with Crippen LogP contribution in [0.4, 0.5) is 5.95 Å². The molecule has 1 aliphatic rings. The van der Waals surface area contributed by atoms with Crippen LogP contribution < -0.4 is 10.2 Å². The molecule has 0 spiro atoms. The first-order valence-corrected chi connectivity index (χ1v) is 7.37. The predicted octanol–water partition coefficient (Wildman–Crippen LogP) is 2.23. The second-order valence-corrected chi connectivity index (χ2v) is 5.35. The molecular formula is C16H22N4. The number of benzene rings is 1. The van der Waals surface area contributed by atoms with Crippen LogP contribution in [0, 0.1) is 0 Å². The molecule has 1 atom stereocenters. The topological polar surface area (TPSA) is 33.1 Å². The van der Waals surface area contributed by atoms with Crippen LogP contribution in [0.15, 0.2) is 36.5 Å². The molecule has 0 saturated carbocycles. The van der Waals surface area contributed by atoms with Crippen LogP contribution in [0.25, 0.3) is 5.69 Å². The fraction of sp³-hybridized carbons (Fsp3) is 0.438. The summed E-state index contributed by atoms with van der Waals surface area (Å²) in [6, 6.07) is 11.0. The van der Waals surface area contributed by atoms with Crippen molar-refractivity contribution in [2.24, 2.45) is 0 Å². The Hall–Kier alpha value is -1.81. The van der Waals surface area contributed by atoms with Crippen LogP contribution in [0.3, 0.4) is 0 Å². The smallest absolute Gasteiger partial charge is 0.210 e. The highest BCUT2D eigenvalue weighted by Crippen LogP contribution is 2.22. The zero-order chi connectivity index (χ0) is 13.9. The summed E-state index contributed by atoms with van der Waals surface area (Å²) in [6.07, 6.45) is 4.30. The Balaban J connectivity index is 1.98. The van der Waals surface area contributed by atoms with E-state index in [2.05, 4.69) is 59.2 Å². The van der Waals surface area contributed by atoms with E-state index in [0.717, 1.165) is 31.2 Å². The highest BCUT2D eigenvalue weighted by molar-refractivity contribution is 5.45. The van der Waals surface area contributed by atoms with Gasteiger partial charge in [0.25, 0.3) is 0 Å². The van der Waals surface area contributed by atoms with Gasteiger partial charge >= 0.3 is 0 Å². The van der Waals surface area contributed by atoms with E-state index < -0.39 is 0 Å². The second-order valence-electron chi connectivity index (χ2n) is 5.35. The van der Waals surface area contributed by atoms with Gasteiger partial charge in [-0.1, -0.05) is 25.1 Å². The minimum absolute atomic E-state index is 0.532. The monoisotopic (exact) mass is 270 g/mol. The van der Waals surface area contributed by atoms with E-state index >= 15 is 0 Å². The van der Waals surface area contributed by atoms with Gasteiger partial charge < -0.3 is 10.2 Å². The van der Waals surface area contributed by atoms with Gasteiger partial charge in [0, 0.05) is 31.5 Å². The number of rotatable bonds is 4. The van der Waals surface area contributed by atoms with Crippen molar-refractivity contribution in [3.63, 3.8) is 0 Å². The van der Waals surface area contributed by atoms with Crippen molar-refractivity contribution in [2.45, 2.75) is 25.8 Å². The van der Waals surface area contributed by atoms with Crippen molar-refractivity contribution in [3.8, 4) is 5.69 Å². The van der Waals surface area contributed by atoms with E-state index in [-0.39, 0.29) is 0 Å². The molecule has 1 unspecified atom stereocenters. The van der Waals surface area contributed by atoms with Crippen molar-refractivity contribution in [1.82, 2.24) is 14.9 Å². The van der Waals surface area contributed by atoms with Crippen LogP contribution in [0.1, 0.15) is 19.0 Å². The Morgan fingerprint density at radius 2 is 2.15 bits per heavy atom. The molecular weight excluding hydrogens is 248 g/mol. The standard InChI is InChI=1S/C16H22N4/c1-3-13-12-20(14-7-5-4-6-8-14)16(18-13)19(2)15-9-10-17-11-15/h4-8,12,15,17H,3,9-11H2,1-2H3. The van der Waals surface area contributed by atoms with Gasteiger partial charge in [-0.25, -0.2) is 4.98 Å². The molecule has 4 nitrogen and oxygen atoms in total. The lowest BCUT2D eigenvalue weighted by Crippen LogP contribution is -2.35. The fourth-order valence-corrected chi connectivity index (χ4v) is 2.75. The third kappa shape index (κ3) is 2.43. The van der Waals surface area contributed by atoms with Gasteiger partial charge in [0.2, 0.25) is 5.95 Å². The third-order valence-electron chi connectivity index (χ3n) is 4.03. The maximum atomic E-state index is 4.81. The largest absolute Gasteiger partial charge is 0.341 e. The lowest BCUT2D eigenvalue weighted by Gasteiger charge is -2.25. The summed E-state index contributed by atoms with van der Waals surface area (Å²) in [5.74, 6) is 1.04. The molecule has 106 valence electrons. The number of aromatic nitrogens is 2. The van der Waals surface area contributed by atoms with Gasteiger partial charge in [0.15, 0.2) is 0 Å². The molecule has 3 rings (SSSR count). The number of imidazole rings is 1. The Morgan fingerprint density at radius 3 is 2.80 bits per heavy atom. The second kappa shape index (κ2) is 5.67. The minimum Gasteiger partial charge on any atom is -0.341 e. The summed E-state index contributed by atoms with van der Waals surface area (Å²) in [6.45, 7) is 4.29. The Kier molecular flexibility index (Phi) is 3.74. The molecule has 2 aromatic rings. The van der Waals surface area contributed by atoms with Crippen molar-refractivity contribution in [2.75, 3.05) is 25.0 Å². The normalized spacial score (nSPS) is 18.4. The van der Waals surface area contributed by atoms with Gasteiger partial charge in [-0.2, -0.15) is 0 Å². The summed E-state index contributed by atoms with van der Waals surface area (Å²) in [7, 11) is 2.15. The number of hydrogen-bond donors (Lipinski definition) is 1. The molecule has 0 aliphatic carbocycles. The van der Waals surface area contributed by atoms with E-state index in [1.165, 1.54) is 12.1 Å². The molecule has 2 heterocycles. The fourth-order valence-electron chi connectivity index (χ4n) is 2.75. The SMILES string of the molecule is CCc1cn(-c2ccccc2)c(N(C)C2CCNC2)n1. The molecule has 1 aromatic carbocycles. The number of nitrogens with one attached hydrogen (secondary N) is 1. The first kappa shape index (κ1) is 13.2. The first-order chi connectivity index (χ1) is 9.79. The average molecular weight is 270 g/mol. The first-order valence-electron chi connectivity index (χ1n) is 7.37. The molecule has 1 saturated heterocycles. The maximum Gasteiger partial charge on any atom is 0.210 e. The number of anilines is 1. The van der Waals surface area contributed by atoms with Gasteiger partial charge in [-0.15, -0.1) is 0 Å². The van der Waals surface area contributed by atoms with E-state index in [0.29, 0.717) is 6.04 Å². The molecule has 0 radical (unpaired) electrons. The highest BCUT2D eigenvalue weighted by Gasteiger charge is 2.23. The molecule has 0 amide bonds. The Morgan fingerprint density at radius 1 is 1.35 bits per heavy atom. The van der Waals surface area contributed by atoms with E-state index in [1.807, 2.05) is 6.07 Å². The summed E-state index contributed by atoms with van der Waals surface area (Å²) < 4.78 is 2.21. The van der Waals surface area contributed by atoms with E-state index in [9.17, 15) is 0 Å². The molecule has 0 bridgehead atoms. The number of aryl methyl sites for hydroxylation is 1. The van der Waals surface area contributed by atoms with Crippen LogP contribution in [0.5, 0.6) is 0 Å². The van der Waals surface area contributed by atoms with Gasteiger partial charge in [0.1, 0.15) is 0 Å². The van der Waals surface area contributed by atoms with Crippen molar-refractivity contribution < 1.29 is 0 Å². The van der Waals surface area contributed by atoms with Gasteiger partial charge in [-0.3, -0.25) is 4.57 Å². The van der Waals surface area contributed by atoms with Crippen molar-refractivity contribution in [3.05, 3.63) is 42.2 Å². The number of hydrogen-bond acceptors (Lipinski definition) is 3. The molecule has 1 aliphatic heterocycles. The summed E-state index contributed by atoms with van der Waals surface area (Å²) in [5.41, 5.74) is 2.31. The van der Waals surface area contributed by atoms with Crippen LogP contribution in [-0.2, 0) is 6.42 Å². The quantitative estimate of drug-likeness (QED) is 0.925. The summed E-state index contributed by atoms with van der Waals surface area (Å²) >= 11 is 0. The number of para-hydroxylation sites is 1. The van der Waals surface area contributed by atoms with Crippen LogP contribution in [0.2, 0.25) is 0 Å². The maximum absolute atomic E-state index is 4.81. The van der Waals surface area contributed by atoms with Gasteiger partial charge in [-0.05, 0) is 31.5 Å². The van der Waals surface area contributed by atoms with Crippen LogP contribution >= 0.6 is 0 Å². The number of likely N-dealkylation sites (N-methyl/N-ethyl adjacent to an activating group) is 1. The number of nitrogens with zero attached hydrogens (tertiary/aromatic N) is 3. The van der Waals surface area contributed by atoms with Crippen LogP contribution in [-0.4, -0.2) is 35.7 Å². The zero-order valence-corrected chi connectivity index (χ0v) is 12.2. The molecule has 20 heavy (non-hydrogen) atoms.